The number of H-pyrrole nitrogens is 2. The third kappa shape index (κ3) is 3.58. The molecule has 3 aromatic rings. The van der Waals surface area contributed by atoms with Gasteiger partial charge in [0.2, 0.25) is 10.0 Å². The van der Waals surface area contributed by atoms with E-state index in [0.29, 0.717) is 46.7 Å². The standard InChI is InChI=1S/C15H16ClN5O3S/c1-2-13-19-14(21-20-13)5-6-17-25(23,24)15-10-7-9(16)3-4-11(10)18-12(15)8-22/h3-4,7-8,17-18H,2,5-6H2,1H3,(H,19,20,21). The highest BCUT2D eigenvalue weighted by Gasteiger charge is 2.24. The van der Waals surface area contributed by atoms with E-state index in [0.717, 1.165) is 0 Å². The number of hydrogen-bond donors (Lipinski definition) is 3. The number of rotatable bonds is 7. The minimum absolute atomic E-state index is 0.0160. The molecule has 0 aliphatic carbocycles. The number of aromatic amines is 2. The quantitative estimate of drug-likeness (QED) is 0.539. The number of aryl methyl sites for hydroxylation is 1. The first-order chi connectivity index (χ1) is 11.9. The maximum absolute atomic E-state index is 12.7. The summed E-state index contributed by atoms with van der Waals surface area (Å²) in [7, 11) is -3.91. The van der Waals surface area contributed by atoms with Gasteiger partial charge >= 0.3 is 0 Å². The average Bonchev–Trinajstić information content (AvgIpc) is 3.18. The number of carbonyl (C=O) groups excluding carboxylic acids is 1. The zero-order chi connectivity index (χ0) is 18.0. The topological polar surface area (TPSA) is 121 Å². The fourth-order valence-corrected chi connectivity index (χ4v) is 4.05. The van der Waals surface area contributed by atoms with Gasteiger partial charge in [-0.15, -0.1) is 0 Å². The number of benzene rings is 1. The van der Waals surface area contributed by atoms with Crippen molar-refractivity contribution in [3.05, 3.63) is 40.6 Å². The molecule has 0 saturated heterocycles. The molecule has 2 heterocycles. The largest absolute Gasteiger partial charge is 0.351 e. The molecule has 0 fully saturated rings. The zero-order valence-electron chi connectivity index (χ0n) is 13.3. The molecule has 0 unspecified atom stereocenters. The van der Waals surface area contributed by atoms with E-state index in [1.807, 2.05) is 6.92 Å². The first-order valence-corrected chi connectivity index (χ1v) is 9.47. The summed E-state index contributed by atoms with van der Waals surface area (Å²) in [5.74, 6) is 1.27. The summed E-state index contributed by atoms with van der Waals surface area (Å²) < 4.78 is 27.8. The second-order valence-electron chi connectivity index (χ2n) is 5.38. The van der Waals surface area contributed by atoms with Crippen molar-refractivity contribution in [3.63, 3.8) is 0 Å². The highest BCUT2D eigenvalue weighted by molar-refractivity contribution is 7.89. The van der Waals surface area contributed by atoms with Gasteiger partial charge in [0.1, 0.15) is 16.5 Å². The van der Waals surface area contributed by atoms with Gasteiger partial charge in [0, 0.05) is 35.3 Å². The molecule has 0 amide bonds. The number of aldehydes is 1. The summed E-state index contributed by atoms with van der Waals surface area (Å²) in [4.78, 5) is 18.2. The van der Waals surface area contributed by atoms with E-state index in [9.17, 15) is 13.2 Å². The number of halogens is 1. The average molecular weight is 382 g/mol. The van der Waals surface area contributed by atoms with E-state index in [-0.39, 0.29) is 17.1 Å². The highest BCUT2D eigenvalue weighted by atomic mass is 35.5. The van der Waals surface area contributed by atoms with Crippen LogP contribution in [0, 0.1) is 0 Å². The molecule has 132 valence electrons. The Bertz CT molecular complexity index is 1030. The molecule has 1 aromatic carbocycles. The second-order valence-corrected chi connectivity index (χ2v) is 7.52. The van der Waals surface area contributed by atoms with Gasteiger partial charge in [0.25, 0.3) is 0 Å². The van der Waals surface area contributed by atoms with E-state index in [2.05, 4.69) is 24.9 Å². The summed E-state index contributed by atoms with van der Waals surface area (Å²) in [6.45, 7) is 2.05. The fourth-order valence-electron chi connectivity index (χ4n) is 2.51. The Labute approximate surface area is 149 Å². The molecular weight excluding hydrogens is 366 g/mol. The Hall–Kier alpha value is -2.23. The number of hydrogen-bond acceptors (Lipinski definition) is 5. The first kappa shape index (κ1) is 17.6. The van der Waals surface area contributed by atoms with Gasteiger partial charge in [0.05, 0.1) is 5.69 Å². The monoisotopic (exact) mass is 381 g/mol. The number of nitrogens with zero attached hydrogens (tertiary/aromatic N) is 2. The van der Waals surface area contributed by atoms with Crippen LogP contribution in [-0.4, -0.2) is 41.4 Å². The normalized spacial score (nSPS) is 11.9. The Morgan fingerprint density at radius 3 is 2.84 bits per heavy atom. The van der Waals surface area contributed by atoms with Gasteiger partial charge in [-0.1, -0.05) is 18.5 Å². The van der Waals surface area contributed by atoms with Gasteiger partial charge in [0.15, 0.2) is 6.29 Å². The lowest BCUT2D eigenvalue weighted by Crippen LogP contribution is -2.27. The predicted octanol–water partition coefficient (Wildman–Crippen LogP) is 1.84. The van der Waals surface area contributed by atoms with Crippen LogP contribution >= 0.6 is 11.6 Å². The minimum atomic E-state index is -3.91. The van der Waals surface area contributed by atoms with Crippen molar-refractivity contribution < 1.29 is 13.2 Å². The molecule has 0 aliphatic heterocycles. The van der Waals surface area contributed by atoms with Crippen LogP contribution < -0.4 is 4.72 Å². The third-order valence-corrected chi connectivity index (χ3v) is 5.47. The van der Waals surface area contributed by atoms with Crippen LogP contribution in [0.2, 0.25) is 5.02 Å². The number of fused-ring (bicyclic) bond motifs is 1. The van der Waals surface area contributed by atoms with Crippen molar-refractivity contribution in [2.75, 3.05) is 6.54 Å². The molecule has 0 aliphatic rings. The van der Waals surface area contributed by atoms with Gasteiger partial charge in [-0.2, -0.15) is 5.10 Å². The summed E-state index contributed by atoms with van der Waals surface area (Å²) >= 11 is 5.96. The van der Waals surface area contributed by atoms with Gasteiger partial charge < -0.3 is 4.98 Å². The molecule has 0 saturated carbocycles. The van der Waals surface area contributed by atoms with Crippen molar-refractivity contribution in [2.24, 2.45) is 0 Å². The van der Waals surface area contributed by atoms with E-state index in [4.69, 9.17) is 11.6 Å². The summed E-state index contributed by atoms with van der Waals surface area (Å²) in [6.07, 6.45) is 1.53. The van der Waals surface area contributed by atoms with Gasteiger partial charge in [-0.25, -0.2) is 18.1 Å². The smallest absolute Gasteiger partial charge is 0.243 e. The lowest BCUT2D eigenvalue weighted by molar-refractivity contribution is 0.111. The maximum atomic E-state index is 12.7. The molecule has 0 bridgehead atoms. The Balaban J connectivity index is 1.85. The van der Waals surface area contributed by atoms with Crippen molar-refractivity contribution in [1.82, 2.24) is 24.9 Å². The van der Waals surface area contributed by atoms with Crippen LogP contribution in [0.25, 0.3) is 10.9 Å². The van der Waals surface area contributed by atoms with Crippen molar-refractivity contribution in [2.45, 2.75) is 24.7 Å². The number of nitrogens with one attached hydrogen (secondary N) is 3. The van der Waals surface area contributed by atoms with Crippen molar-refractivity contribution in [1.29, 1.82) is 0 Å². The Morgan fingerprint density at radius 1 is 1.36 bits per heavy atom. The number of sulfonamides is 1. The molecule has 0 atom stereocenters. The number of aromatic nitrogens is 4. The lowest BCUT2D eigenvalue weighted by atomic mass is 10.2. The summed E-state index contributed by atoms with van der Waals surface area (Å²) in [6, 6.07) is 4.76. The van der Waals surface area contributed by atoms with Crippen LogP contribution in [0.1, 0.15) is 29.1 Å². The molecule has 3 N–H and O–H groups in total. The van der Waals surface area contributed by atoms with E-state index >= 15 is 0 Å². The number of carbonyl (C=O) groups is 1. The fraction of sp³-hybridized carbons (Fsp3) is 0.267. The van der Waals surface area contributed by atoms with E-state index in [1.165, 1.54) is 6.07 Å². The molecule has 0 spiro atoms. The molecule has 0 radical (unpaired) electrons. The van der Waals surface area contributed by atoms with Gasteiger partial charge in [-0.05, 0) is 18.2 Å². The van der Waals surface area contributed by atoms with Gasteiger partial charge in [-0.3, -0.25) is 9.89 Å². The first-order valence-electron chi connectivity index (χ1n) is 7.61. The maximum Gasteiger partial charge on any atom is 0.243 e. The molecule has 10 heteroatoms. The van der Waals surface area contributed by atoms with Crippen LogP contribution in [0.5, 0.6) is 0 Å². The van der Waals surface area contributed by atoms with Crippen LogP contribution in [-0.2, 0) is 22.9 Å². The molecule has 3 rings (SSSR count). The third-order valence-electron chi connectivity index (χ3n) is 3.67. The van der Waals surface area contributed by atoms with E-state index < -0.39 is 10.0 Å². The summed E-state index contributed by atoms with van der Waals surface area (Å²) in [5, 5.41) is 7.51. The minimum Gasteiger partial charge on any atom is -0.351 e. The highest BCUT2D eigenvalue weighted by Crippen LogP contribution is 2.28. The summed E-state index contributed by atoms with van der Waals surface area (Å²) in [5.41, 5.74) is 0.507. The predicted molar refractivity (Wildman–Crippen MR) is 93.3 cm³/mol. The lowest BCUT2D eigenvalue weighted by Gasteiger charge is -2.06. The molecular formula is C15H16ClN5O3S. The van der Waals surface area contributed by atoms with Crippen molar-refractivity contribution >= 4 is 38.8 Å². The molecule has 2 aromatic heterocycles. The zero-order valence-corrected chi connectivity index (χ0v) is 14.9. The molecule has 25 heavy (non-hydrogen) atoms. The van der Waals surface area contributed by atoms with Crippen LogP contribution in [0.3, 0.4) is 0 Å². The van der Waals surface area contributed by atoms with Crippen molar-refractivity contribution in [3.8, 4) is 0 Å². The Kier molecular flexibility index (Phi) is 4.89. The Morgan fingerprint density at radius 2 is 2.16 bits per heavy atom. The van der Waals surface area contributed by atoms with Crippen LogP contribution in [0.4, 0.5) is 0 Å². The van der Waals surface area contributed by atoms with Crippen LogP contribution in [0.15, 0.2) is 23.1 Å². The van der Waals surface area contributed by atoms with E-state index in [1.54, 1.807) is 12.1 Å². The molecule has 8 nitrogen and oxygen atoms in total. The SMILES string of the molecule is CCc1n[nH]c(CCNS(=O)(=O)c2c(C=O)[nH]c3ccc(Cl)cc23)n1. The second kappa shape index (κ2) is 6.95.